The van der Waals surface area contributed by atoms with E-state index in [9.17, 15) is 4.79 Å². The van der Waals surface area contributed by atoms with Crippen LogP contribution in [0.5, 0.6) is 5.75 Å². The van der Waals surface area contributed by atoms with Crippen molar-refractivity contribution in [3.8, 4) is 5.75 Å². The fourth-order valence-electron chi connectivity index (χ4n) is 1.72. The topological polar surface area (TPSA) is 50.7 Å². The van der Waals surface area contributed by atoms with Crippen molar-refractivity contribution in [3.63, 3.8) is 0 Å². The first kappa shape index (κ1) is 17.5. The molecule has 0 bridgehead atoms. The van der Waals surface area contributed by atoms with Gasteiger partial charge in [0.15, 0.2) is 6.10 Å². The Hall–Kier alpha value is -1.55. The molecule has 116 valence electrons. The van der Waals surface area contributed by atoms with Crippen molar-refractivity contribution in [1.82, 2.24) is 5.43 Å². The molecule has 1 amide bonds. The molecule has 0 saturated carbocycles. The average Bonchev–Trinajstić information content (AvgIpc) is 2.45. The maximum Gasteiger partial charge on any atom is 0.280 e. The first-order chi connectivity index (χ1) is 9.93. The summed E-state index contributed by atoms with van der Waals surface area (Å²) in [6.07, 6.45) is 2.45. The quantitative estimate of drug-likeness (QED) is 0.609. The molecule has 1 unspecified atom stereocenters. The van der Waals surface area contributed by atoms with Crippen molar-refractivity contribution in [2.75, 3.05) is 0 Å². The number of ether oxygens (including phenoxy) is 1. The van der Waals surface area contributed by atoms with Crippen LogP contribution in [-0.2, 0) is 4.79 Å². The Labute approximate surface area is 131 Å². The summed E-state index contributed by atoms with van der Waals surface area (Å²) >= 11 is 5.89. The maximum atomic E-state index is 11.9. The number of carbonyl (C=O) groups excluding carboxylic acids is 1. The minimum absolute atomic E-state index is 0.264. The predicted molar refractivity (Wildman–Crippen MR) is 87.1 cm³/mol. The molecule has 0 saturated heterocycles. The molecular weight excluding hydrogens is 288 g/mol. The summed E-state index contributed by atoms with van der Waals surface area (Å²) in [5.74, 6) is 0.383. The Kier molecular flexibility index (Phi) is 7.23. The van der Waals surface area contributed by atoms with Crippen LogP contribution in [0.3, 0.4) is 0 Å². The van der Waals surface area contributed by atoms with Gasteiger partial charge >= 0.3 is 0 Å². The molecule has 0 aromatic heterocycles. The van der Waals surface area contributed by atoms with Crippen LogP contribution in [0.2, 0.25) is 5.02 Å². The van der Waals surface area contributed by atoms with E-state index in [0.717, 1.165) is 30.5 Å². The highest BCUT2D eigenvalue weighted by atomic mass is 35.5. The first-order valence-corrected chi connectivity index (χ1v) is 7.57. The molecule has 0 aliphatic rings. The Bertz CT molecular complexity index is 515. The van der Waals surface area contributed by atoms with Crippen LogP contribution in [0.1, 0.15) is 45.6 Å². The van der Waals surface area contributed by atoms with Gasteiger partial charge in [0.2, 0.25) is 0 Å². The number of nitrogens with one attached hydrogen (secondary N) is 1. The van der Waals surface area contributed by atoms with Gasteiger partial charge in [-0.3, -0.25) is 4.79 Å². The zero-order valence-electron chi connectivity index (χ0n) is 13.1. The molecule has 0 fully saturated rings. The molecule has 1 aromatic carbocycles. The summed E-state index contributed by atoms with van der Waals surface area (Å²) in [7, 11) is 0. The summed E-state index contributed by atoms with van der Waals surface area (Å²) in [5.41, 5.74) is 4.35. The predicted octanol–water partition coefficient (Wildman–Crippen LogP) is 4.10. The van der Waals surface area contributed by atoms with Crippen molar-refractivity contribution >= 4 is 23.2 Å². The summed E-state index contributed by atoms with van der Waals surface area (Å²) < 4.78 is 5.64. The van der Waals surface area contributed by atoms with Crippen molar-refractivity contribution in [2.45, 2.75) is 53.1 Å². The molecule has 0 aliphatic heterocycles. The molecule has 1 rings (SSSR count). The second-order valence-electron chi connectivity index (χ2n) is 5.10. The van der Waals surface area contributed by atoms with Crippen LogP contribution in [0.25, 0.3) is 0 Å². The number of rotatable bonds is 7. The standard InChI is InChI=1S/C16H23ClN2O2/c1-5-6-7-12(3)18-19-16(20)13(4)21-15-9-8-14(17)10-11(15)2/h8-10,13H,5-7H2,1-4H3,(H,19,20)/b18-12+. The second-order valence-corrected chi connectivity index (χ2v) is 5.53. The molecule has 5 heteroatoms. The minimum atomic E-state index is -0.618. The molecule has 0 radical (unpaired) electrons. The van der Waals surface area contributed by atoms with Gasteiger partial charge in [0.25, 0.3) is 5.91 Å². The molecule has 0 spiro atoms. The second kappa shape index (κ2) is 8.67. The summed E-state index contributed by atoms with van der Waals surface area (Å²) in [6.45, 7) is 7.61. The number of aryl methyl sites for hydroxylation is 1. The lowest BCUT2D eigenvalue weighted by atomic mass is 10.2. The van der Waals surface area contributed by atoms with Crippen LogP contribution in [-0.4, -0.2) is 17.7 Å². The third kappa shape index (κ3) is 6.17. The van der Waals surface area contributed by atoms with Crippen LogP contribution >= 0.6 is 11.6 Å². The van der Waals surface area contributed by atoms with Crippen LogP contribution in [0.4, 0.5) is 0 Å². The van der Waals surface area contributed by atoms with Gasteiger partial charge in [-0.05, 0) is 57.4 Å². The van der Waals surface area contributed by atoms with E-state index in [1.807, 2.05) is 13.8 Å². The van der Waals surface area contributed by atoms with E-state index in [0.29, 0.717) is 10.8 Å². The third-order valence-electron chi connectivity index (χ3n) is 3.06. The molecule has 21 heavy (non-hydrogen) atoms. The van der Waals surface area contributed by atoms with Crippen molar-refractivity contribution in [2.24, 2.45) is 5.10 Å². The Morgan fingerprint density at radius 3 is 2.81 bits per heavy atom. The number of nitrogens with zero attached hydrogens (tertiary/aromatic N) is 1. The SMILES string of the molecule is CCCC/C(C)=N/NC(=O)C(C)Oc1ccc(Cl)cc1C. The molecule has 0 aliphatic carbocycles. The number of hydrogen-bond acceptors (Lipinski definition) is 3. The van der Waals surface area contributed by atoms with Crippen LogP contribution < -0.4 is 10.2 Å². The van der Waals surface area contributed by atoms with E-state index in [1.54, 1.807) is 25.1 Å². The van der Waals surface area contributed by atoms with E-state index in [1.165, 1.54) is 0 Å². The molecule has 4 nitrogen and oxygen atoms in total. The van der Waals surface area contributed by atoms with Gasteiger partial charge in [-0.15, -0.1) is 0 Å². The third-order valence-corrected chi connectivity index (χ3v) is 3.29. The number of halogens is 1. The summed E-state index contributed by atoms with van der Waals surface area (Å²) in [5, 5.41) is 4.72. The lowest BCUT2D eigenvalue weighted by Gasteiger charge is -2.15. The molecule has 1 aromatic rings. The monoisotopic (exact) mass is 310 g/mol. The normalized spacial score (nSPS) is 12.9. The lowest BCUT2D eigenvalue weighted by molar-refractivity contribution is -0.127. The maximum absolute atomic E-state index is 11.9. The van der Waals surface area contributed by atoms with E-state index < -0.39 is 6.10 Å². The van der Waals surface area contributed by atoms with E-state index >= 15 is 0 Å². The minimum Gasteiger partial charge on any atom is -0.481 e. The van der Waals surface area contributed by atoms with Crippen LogP contribution in [0.15, 0.2) is 23.3 Å². The highest BCUT2D eigenvalue weighted by Crippen LogP contribution is 2.22. The molecular formula is C16H23ClN2O2. The lowest BCUT2D eigenvalue weighted by Crippen LogP contribution is -2.34. The van der Waals surface area contributed by atoms with E-state index in [4.69, 9.17) is 16.3 Å². The van der Waals surface area contributed by atoms with Gasteiger partial charge in [0.05, 0.1) is 0 Å². The Balaban J connectivity index is 2.54. The fourth-order valence-corrected chi connectivity index (χ4v) is 1.95. The Morgan fingerprint density at radius 1 is 1.48 bits per heavy atom. The van der Waals surface area contributed by atoms with E-state index in [2.05, 4.69) is 17.5 Å². The largest absolute Gasteiger partial charge is 0.481 e. The first-order valence-electron chi connectivity index (χ1n) is 7.19. The van der Waals surface area contributed by atoms with Gasteiger partial charge in [0, 0.05) is 10.7 Å². The number of carbonyl (C=O) groups is 1. The molecule has 1 N–H and O–H groups in total. The van der Waals surface area contributed by atoms with E-state index in [-0.39, 0.29) is 5.91 Å². The number of unbranched alkanes of at least 4 members (excludes halogenated alkanes) is 1. The number of hydrogen-bond donors (Lipinski definition) is 1. The number of benzene rings is 1. The Morgan fingerprint density at radius 2 is 2.19 bits per heavy atom. The zero-order valence-corrected chi connectivity index (χ0v) is 13.8. The van der Waals surface area contributed by atoms with Gasteiger partial charge in [0.1, 0.15) is 5.75 Å². The van der Waals surface area contributed by atoms with Crippen molar-refractivity contribution < 1.29 is 9.53 Å². The number of amides is 1. The van der Waals surface area contributed by atoms with Crippen LogP contribution in [0, 0.1) is 6.92 Å². The smallest absolute Gasteiger partial charge is 0.280 e. The van der Waals surface area contributed by atoms with Gasteiger partial charge in [-0.1, -0.05) is 24.9 Å². The van der Waals surface area contributed by atoms with Gasteiger partial charge in [-0.25, -0.2) is 5.43 Å². The molecule has 0 heterocycles. The highest BCUT2D eigenvalue weighted by Gasteiger charge is 2.15. The fraction of sp³-hybridized carbons (Fsp3) is 0.500. The summed E-state index contributed by atoms with van der Waals surface area (Å²) in [6, 6.07) is 5.30. The molecule has 1 atom stereocenters. The summed E-state index contributed by atoms with van der Waals surface area (Å²) in [4.78, 5) is 11.9. The zero-order chi connectivity index (χ0) is 15.8. The van der Waals surface area contributed by atoms with Gasteiger partial charge in [-0.2, -0.15) is 5.10 Å². The van der Waals surface area contributed by atoms with Crippen molar-refractivity contribution in [3.05, 3.63) is 28.8 Å². The average molecular weight is 311 g/mol. The highest BCUT2D eigenvalue weighted by molar-refractivity contribution is 6.30. The van der Waals surface area contributed by atoms with Gasteiger partial charge < -0.3 is 4.74 Å². The van der Waals surface area contributed by atoms with Crippen molar-refractivity contribution in [1.29, 1.82) is 0 Å². The number of hydrazone groups is 1.